The van der Waals surface area contributed by atoms with E-state index in [0.29, 0.717) is 26.4 Å². The van der Waals surface area contributed by atoms with E-state index in [1.54, 1.807) is 0 Å². The lowest BCUT2D eigenvalue weighted by atomic mass is 9.79. The van der Waals surface area contributed by atoms with Crippen LogP contribution >= 0.6 is 0 Å². The normalized spacial score (nSPS) is 26.3. The Morgan fingerprint density at radius 2 is 0.592 bits per heavy atom. The Hall–Kier alpha value is -4.32. The molecule has 548 valence electrons. The zero-order valence-corrected chi connectivity index (χ0v) is 65.9. The fraction of sp³-hybridized carbons (Fsp3) is 0.714. The van der Waals surface area contributed by atoms with E-state index in [4.69, 9.17) is 37.9 Å². The smallest absolute Gasteiger partial charge is 0.200 e. The quantitative estimate of drug-likeness (QED) is 0.0918. The van der Waals surface area contributed by atoms with Gasteiger partial charge in [-0.05, 0) is 102 Å². The van der Waals surface area contributed by atoms with Gasteiger partial charge in [0.25, 0.3) is 0 Å². The lowest BCUT2D eigenvalue weighted by Gasteiger charge is -2.47. The van der Waals surface area contributed by atoms with E-state index in [1.807, 2.05) is 0 Å². The van der Waals surface area contributed by atoms with Crippen molar-refractivity contribution in [3.63, 3.8) is 0 Å². The summed E-state index contributed by atoms with van der Waals surface area (Å²) in [6, 6.07) is 27.3. The average Bonchev–Trinajstić information content (AvgIpc) is 1.04. The zero-order valence-electron chi connectivity index (χ0n) is 65.9. The van der Waals surface area contributed by atoms with Gasteiger partial charge in [-0.15, -0.1) is 0 Å². The van der Waals surface area contributed by atoms with Crippen molar-refractivity contribution < 1.29 is 48.1 Å². The first-order chi connectivity index (χ1) is 45.3. The maximum atomic E-state index is 9.98. The summed E-state index contributed by atoms with van der Waals surface area (Å²) in [7, 11) is 0. The molecule has 10 rings (SSSR count). The minimum atomic E-state index is -0.978. The Morgan fingerprint density at radius 1 is 0.337 bits per heavy atom. The molecule has 0 aliphatic carbocycles. The molecule has 0 aromatic heterocycles. The van der Waals surface area contributed by atoms with Gasteiger partial charge in [-0.2, -0.15) is 0 Å². The van der Waals surface area contributed by atoms with Gasteiger partial charge in [0.1, 0.15) is 6.10 Å². The Morgan fingerprint density at radius 3 is 0.816 bits per heavy atom. The van der Waals surface area contributed by atoms with E-state index < -0.39 is 23.1 Å². The standard InChI is InChI=1S/C45H72N2O5.C39H60N2O5/c1-14-15-16-19-34-28-49-44(51-34,42(8,9)10)32-21-23-36-38(26-32)46(30-40(2,3)4)37-24-22-33(27-39(37)47(36)31-41(5,6)7)45(43(11,12)13)50-29-35(52-45)20-17-18-25-48;1-14-28-22-43-38(45-28,36(8,9)10)26-15-17-30-32(19-26)40(24-34(2,3)4)31-18-16-27(20-33(31)41(30)25-35(5,6)7)39(37(11,12)13)44-23-29(21-42)46-39/h21-24,26-27,34-35,48H,14-20,25,28-31H2,1-13H3;15-20,28-29,42H,14,21-25H2,1-13H3. The Labute approximate surface area is 593 Å². The third-order valence-corrected chi connectivity index (χ3v) is 20.2. The molecule has 0 spiro atoms. The van der Waals surface area contributed by atoms with Gasteiger partial charge in [0.15, 0.2) is 23.1 Å². The summed E-state index contributed by atoms with van der Waals surface area (Å²) in [5.41, 5.74) is 12.3. The predicted molar refractivity (Wildman–Crippen MR) is 402 cm³/mol. The summed E-state index contributed by atoms with van der Waals surface area (Å²) >= 11 is 0. The molecule has 4 fully saturated rings. The molecule has 6 aliphatic heterocycles. The van der Waals surface area contributed by atoms with Crippen LogP contribution in [0.4, 0.5) is 45.5 Å². The molecular formula is C84H132N4O10. The van der Waals surface area contributed by atoms with E-state index in [-0.39, 0.29) is 80.9 Å². The Balaban J connectivity index is 0.000000231. The van der Waals surface area contributed by atoms with Crippen molar-refractivity contribution in [1.82, 2.24) is 0 Å². The van der Waals surface area contributed by atoms with Crippen molar-refractivity contribution in [1.29, 1.82) is 0 Å². The molecule has 14 heteroatoms. The van der Waals surface area contributed by atoms with Gasteiger partial charge in [-0.3, -0.25) is 0 Å². The second-order valence-corrected chi connectivity index (χ2v) is 38.4. The second-order valence-electron chi connectivity index (χ2n) is 38.4. The molecule has 0 bridgehead atoms. The number of hydrogen-bond acceptors (Lipinski definition) is 14. The molecule has 0 radical (unpaired) electrons. The molecule has 4 saturated heterocycles. The van der Waals surface area contributed by atoms with Gasteiger partial charge >= 0.3 is 0 Å². The average molecular weight is 1360 g/mol. The van der Waals surface area contributed by atoms with Crippen LogP contribution in [0, 0.1) is 43.3 Å². The van der Waals surface area contributed by atoms with Gasteiger partial charge < -0.3 is 67.7 Å². The largest absolute Gasteiger partial charge is 0.396 e. The number of anilines is 8. The zero-order chi connectivity index (χ0) is 72.4. The summed E-state index contributed by atoms with van der Waals surface area (Å²) in [5.74, 6) is -3.54. The first-order valence-corrected chi connectivity index (χ1v) is 37.5. The van der Waals surface area contributed by atoms with Crippen molar-refractivity contribution in [2.75, 3.05) is 85.4 Å². The highest BCUT2D eigenvalue weighted by Gasteiger charge is 2.57. The molecule has 0 saturated carbocycles. The molecule has 8 unspecified atom stereocenters. The number of aliphatic hydroxyl groups excluding tert-OH is 2. The number of benzene rings is 4. The second kappa shape index (κ2) is 28.4. The Bertz CT molecular complexity index is 3140. The van der Waals surface area contributed by atoms with Crippen LogP contribution in [0.3, 0.4) is 0 Å². The van der Waals surface area contributed by atoms with Crippen LogP contribution in [-0.4, -0.2) is 100 Å². The first kappa shape index (κ1) is 77.8. The number of unbranched alkanes of at least 4 members (excludes halogenated alkanes) is 3. The van der Waals surface area contributed by atoms with E-state index in [9.17, 15) is 10.2 Å². The van der Waals surface area contributed by atoms with Crippen molar-refractivity contribution in [3.8, 4) is 0 Å². The topological polar surface area (TPSA) is 127 Å². The molecule has 6 aliphatic rings. The molecule has 14 nitrogen and oxygen atoms in total. The molecule has 2 N–H and O–H groups in total. The number of ether oxygens (including phenoxy) is 8. The van der Waals surface area contributed by atoms with Gasteiger partial charge in [0, 0.05) is 76.7 Å². The van der Waals surface area contributed by atoms with Gasteiger partial charge in [0.05, 0.1) is 96.8 Å². The highest BCUT2D eigenvalue weighted by atomic mass is 16.8. The minimum absolute atomic E-state index is 0.00886. The van der Waals surface area contributed by atoms with Crippen molar-refractivity contribution in [3.05, 3.63) is 95.1 Å². The van der Waals surface area contributed by atoms with Crippen LogP contribution in [-0.2, 0) is 61.0 Å². The van der Waals surface area contributed by atoms with Gasteiger partial charge in [-0.1, -0.05) is 224 Å². The van der Waals surface area contributed by atoms with E-state index in [1.165, 1.54) is 35.6 Å². The molecule has 8 atom stereocenters. The molecule has 0 amide bonds. The fourth-order valence-corrected chi connectivity index (χ4v) is 15.4. The summed E-state index contributed by atoms with van der Waals surface area (Å²) in [6.07, 6.45) is 7.87. The number of hydrogen-bond donors (Lipinski definition) is 2. The number of fused-ring (bicyclic) bond motifs is 4. The molecule has 4 aromatic carbocycles. The monoisotopic (exact) mass is 1360 g/mol. The molecule has 98 heavy (non-hydrogen) atoms. The third-order valence-electron chi connectivity index (χ3n) is 20.2. The van der Waals surface area contributed by atoms with Crippen LogP contribution in [0.1, 0.15) is 254 Å². The highest BCUT2D eigenvalue weighted by Crippen LogP contribution is 2.60. The lowest BCUT2D eigenvalue weighted by Crippen LogP contribution is -2.43. The fourth-order valence-electron chi connectivity index (χ4n) is 15.4. The number of nitrogens with zero attached hydrogens (tertiary/aromatic N) is 4. The van der Waals surface area contributed by atoms with Gasteiger partial charge in [0.2, 0.25) is 0 Å². The third kappa shape index (κ3) is 15.9. The number of rotatable bonds is 18. The maximum Gasteiger partial charge on any atom is 0.200 e. The van der Waals surface area contributed by atoms with Crippen LogP contribution in [0.5, 0.6) is 0 Å². The predicted octanol–water partition coefficient (Wildman–Crippen LogP) is 20.3. The Kier molecular flexibility index (Phi) is 22.5. The SMILES string of the molecule is CCC1COC(c2ccc3c(c2)N(CC(C)(C)C)c2ccc(C4(C(C)(C)C)OCC(CO)O4)cc2N3CC(C)(C)C)(C(C)(C)C)O1.CCCCCC1COC(c2ccc3c(c2)N(CC(C)(C)C)c2ccc(C4(C(C)(C)C)OCC(CCCCO)O4)cc2N3CC(C)(C)C)(C(C)(C)C)O1. The summed E-state index contributed by atoms with van der Waals surface area (Å²) < 4.78 is 54.0. The van der Waals surface area contributed by atoms with Crippen molar-refractivity contribution >= 4 is 45.5 Å². The van der Waals surface area contributed by atoms with Crippen LogP contribution in [0.2, 0.25) is 0 Å². The van der Waals surface area contributed by atoms with Crippen LogP contribution in [0.25, 0.3) is 0 Å². The summed E-state index contributed by atoms with van der Waals surface area (Å²) in [6.45, 7) is 64.0. The van der Waals surface area contributed by atoms with Crippen molar-refractivity contribution in [2.24, 2.45) is 43.3 Å². The highest BCUT2D eigenvalue weighted by molar-refractivity contribution is 5.95. The molecule has 6 heterocycles. The minimum Gasteiger partial charge on any atom is -0.396 e. The summed E-state index contributed by atoms with van der Waals surface area (Å²) in [4.78, 5) is 10.0. The molecule has 4 aromatic rings. The first-order valence-electron chi connectivity index (χ1n) is 37.5. The van der Waals surface area contributed by atoms with E-state index in [2.05, 4.69) is 272 Å². The molecular weight excluding hydrogens is 1220 g/mol. The van der Waals surface area contributed by atoms with Crippen LogP contribution in [0.15, 0.2) is 72.8 Å². The number of aliphatic hydroxyl groups is 2. The van der Waals surface area contributed by atoms with E-state index >= 15 is 0 Å². The maximum absolute atomic E-state index is 9.98. The lowest BCUT2D eigenvalue weighted by molar-refractivity contribution is -0.243. The van der Waals surface area contributed by atoms with Gasteiger partial charge in [-0.25, -0.2) is 0 Å². The van der Waals surface area contributed by atoms with Crippen molar-refractivity contribution in [2.45, 2.75) is 279 Å². The summed E-state index contributed by atoms with van der Waals surface area (Å²) in [5, 5.41) is 19.4. The van der Waals surface area contributed by atoms with E-state index in [0.717, 1.165) is 110 Å². The van der Waals surface area contributed by atoms with Crippen LogP contribution < -0.4 is 19.6 Å².